The standard InChI is InChI=1S/C16H19N3O3/c20-16(21)14-10-18(7-8-22-11-14)9-13-1-3-15(4-2-13)19-6-5-17-12-19/h1-6,12,14H,7-11H2,(H,20,21). The SMILES string of the molecule is O=C(O)C1COCCN(Cc2ccc(-n3ccnc3)cc2)C1. The van der Waals surface area contributed by atoms with Gasteiger partial charge in [-0.05, 0) is 17.7 Å². The molecule has 1 N–H and O–H groups in total. The van der Waals surface area contributed by atoms with Crippen molar-refractivity contribution in [1.82, 2.24) is 14.5 Å². The van der Waals surface area contributed by atoms with E-state index in [1.54, 1.807) is 12.5 Å². The molecule has 0 spiro atoms. The van der Waals surface area contributed by atoms with Crippen LogP contribution >= 0.6 is 0 Å². The molecular formula is C16H19N3O3. The predicted molar refractivity (Wildman–Crippen MR) is 80.8 cm³/mol. The molecule has 3 rings (SSSR count). The Balaban J connectivity index is 1.66. The third-order valence-corrected chi connectivity index (χ3v) is 3.84. The summed E-state index contributed by atoms with van der Waals surface area (Å²) in [6.45, 7) is 2.89. The highest BCUT2D eigenvalue weighted by atomic mass is 16.5. The van der Waals surface area contributed by atoms with Gasteiger partial charge in [-0.1, -0.05) is 12.1 Å². The van der Waals surface area contributed by atoms with Crippen LogP contribution in [0, 0.1) is 5.92 Å². The first-order chi connectivity index (χ1) is 10.7. The zero-order valence-corrected chi connectivity index (χ0v) is 12.3. The van der Waals surface area contributed by atoms with Crippen molar-refractivity contribution >= 4 is 5.97 Å². The number of hydrogen-bond donors (Lipinski definition) is 1. The van der Waals surface area contributed by atoms with Crippen molar-refractivity contribution in [3.63, 3.8) is 0 Å². The lowest BCUT2D eigenvalue weighted by molar-refractivity contribution is -0.143. The number of benzene rings is 1. The highest BCUT2D eigenvalue weighted by Crippen LogP contribution is 2.14. The number of aliphatic carboxylic acids is 1. The Bertz CT molecular complexity index is 610. The van der Waals surface area contributed by atoms with Crippen LogP contribution in [0.25, 0.3) is 5.69 Å². The number of hydrogen-bond acceptors (Lipinski definition) is 4. The zero-order chi connectivity index (χ0) is 15.4. The number of carboxylic acid groups (broad SMARTS) is 1. The Morgan fingerprint density at radius 3 is 2.86 bits per heavy atom. The van der Waals surface area contributed by atoms with E-state index in [1.165, 1.54) is 0 Å². The maximum atomic E-state index is 11.2. The van der Waals surface area contributed by atoms with Gasteiger partial charge in [0.15, 0.2) is 0 Å². The number of ether oxygens (including phenoxy) is 1. The molecule has 22 heavy (non-hydrogen) atoms. The molecule has 2 aromatic rings. The minimum absolute atomic E-state index is 0.297. The number of rotatable bonds is 4. The van der Waals surface area contributed by atoms with E-state index in [9.17, 15) is 9.90 Å². The van der Waals surface area contributed by atoms with E-state index in [0.29, 0.717) is 19.8 Å². The van der Waals surface area contributed by atoms with Crippen LogP contribution in [0.15, 0.2) is 43.0 Å². The fourth-order valence-corrected chi connectivity index (χ4v) is 2.61. The molecule has 0 radical (unpaired) electrons. The predicted octanol–water partition coefficient (Wildman–Crippen LogP) is 1.41. The summed E-state index contributed by atoms with van der Waals surface area (Å²) < 4.78 is 7.32. The van der Waals surface area contributed by atoms with E-state index < -0.39 is 11.9 Å². The first-order valence-electron chi connectivity index (χ1n) is 7.32. The molecule has 1 atom stereocenters. The lowest BCUT2D eigenvalue weighted by atomic mass is 10.1. The molecule has 2 heterocycles. The van der Waals surface area contributed by atoms with E-state index in [2.05, 4.69) is 22.0 Å². The molecule has 1 saturated heterocycles. The number of imidazole rings is 1. The average molecular weight is 301 g/mol. The molecule has 6 nitrogen and oxygen atoms in total. The molecule has 0 saturated carbocycles. The Kier molecular flexibility index (Phi) is 4.50. The summed E-state index contributed by atoms with van der Waals surface area (Å²) in [5.41, 5.74) is 2.22. The van der Waals surface area contributed by atoms with Gasteiger partial charge in [-0.15, -0.1) is 0 Å². The maximum absolute atomic E-state index is 11.2. The smallest absolute Gasteiger partial charge is 0.310 e. The molecular weight excluding hydrogens is 282 g/mol. The number of carboxylic acids is 1. The average Bonchev–Trinajstić information content (AvgIpc) is 2.95. The molecule has 1 aromatic heterocycles. The summed E-state index contributed by atoms with van der Waals surface area (Å²) in [7, 11) is 0. The molecule has 1 aliphatic heterocycles. The van der Waals surface area contributed by atoms with Crippen molar-refractivity contribution in [2.24, 2.45) is 5.92 Å². The van der Waals surface area contributed by atoms with Crippen molar-refractivity contribution in [1.29, 1.82) is 0 Å². The van der Waals surface area contributed by atoms with Gasteiger partial charge in [-0.25, -0.2) is 4.98 Å². The third kappa shape index (κ3) is 3.52. The topological polar surface area (TPSA) is 67.6 Å². The van der Waals surface area contributed by atoms with E-state index in [4.69, 9.17) is 4.74 Å². The maximum Gasteiger partial charge on any atom is 0.310 e. The zero-order valence-electron chi connectivity index (χ0n) is 12.3. The minimum Gasteiger partial charge on any atom is -0.481 e. The molecule has 1 aliphatic rings. The summed E-state index contributed by atoms with van der Waals surface area (Å²) in [6, 6.07) is 8.22. The van der Waals surface area contributed by atoms with Gasteiger partial charge in [0.05, 0.1) is 25.5 Å². The third-order valence-electron chi connectivity index (χ3n) is 3.84. The highest BCUT2D eigenvalue weighted by Gasteiger charge is 2.24. The van der Waals surface area contributed by atoms with Crippen molar-refractivity contribution in [2.75, 3.05) is 26.3 Å². The molecule has 0 aliphatic carbocycles. The molecule has 1 fully saturated rings. The molecule has 1 aromatic carbocycles. The lowest BCUT2D eigenvalue weighted by Gasteiger charge is -2.21. The van der Waals surface area contributed by atoms with Crippen LogP contribution < -0.4 is 0 Å². The van der Waals surface area contributed by atoms with E-state index in [-0.39, 0.29) is 0 Å². The first-order valence-corrected chi connectivity index (χ1v) is 7.32. The molecule has 0 amide bonds. The minimum atomic E-state index is -0.789. The Morgan fingerprint density at radius 1 is 1.36 bits per heavy atom. The fraction of sp³-hybridized carbons (Fsp3) is 0.375. The van der Waals surface area contributed by atoms with Gasteiger partial charge >= 0.3 is 5.97 Å². The summed E-state index contributed by atoms with van der Waals surface area (Å²) in [5, 5.41) is 9.17. The largest absolute Gasteiger partial charge is 0.481 e. The van der Waals surface area contributed by atoms with Gasteiger partial charge in [-0.3, -0.25) is 9.69 Å². The Labute approximate surface area is 129 Å². The van der Waals surface area contributed by atoms with Crippen LogP contribution in [0.5, 0.6) is 0 Å². The Hall–Kier alpha value is -2.18. The summed E-state index contributed by atoms with van der Waals surface area (Å²) >= 11 is 0. The van der Waals surface area contributed by atoms with Crippen LogP contribution in [0.3, 0.4) is 0 Å². The van der Waals surface area contributed by atoms with Gasteiger partial charge in [-0.2, -0.15) is 0 Å². The van der Waals surface area contributed by atoms with Gasteiger partial charge in [0.25, 0.3) is 0 Å². The lowest BCUT2D eigenvalue weighted by Crippen LogP contribution is -2.33. The van der Waals surface area contributed by atoms with Crippen molar-refractivity contribution in [3.8, 4) is 5.69 Å². The second kappa shape index (κ2) is 6.72. The van der Waals surface area contributed by atoms with Gasteiger partial charge in [0.2, 0.25) is 0 Å². The second-order valence-electron chi connectivity index (χ2n) is 5.48. The van der Waals surface area contributed by atoms with Gasteiger partial charge in [0, 0.05) is 37.7 Å². The van der Waals surface area contributed by atoms with Crippen molar-refractivity contribution in [2.45, 2.75) is 6.54 Å². The van der Waals surface area contributed by atoms with Crippen molar-refractivity contribution in [3.05, 3.63) is 48.5 Å². The summed E-state index contributed by atoms with van der Waals surface area (Å²) in [5.74, 6) is -1.24. The molecule has 1 unspecified atom stereocenters. The molecule has 116 valence electrons. The quantitative estimate of drug-likeness (QED) is 0.924. The van der Waals surface area contributed by atoms with Crippen LogP contribution in [-0.4, -0.2) is 51.8 Å². The van der Waals surface area contributed by atoms with Crippen LogP contribution in [0.2, 0.25) is 0 Å². The van der Waals surface area contributed by atoms with E-state index in [1.807, 2.05) is 22.9 Å². The van der Waals surface area contributed by atoms with Gasteiger partial charge in [0.1, 0.15) is 0 Å². The van der Waals surface area contributed by atoms with E-state index in [0.717, 1.165) is 24.3 Å². The number of nitrogens with zero attached hydrogens (tertiary/aromatic N) is 3. The van der Waals surface area contributed by atoms with Gasteiger partial charge < -0.3 is 14.4 Å². The fourth-order valence-electron chi connectivity index (χ4n) is 2.61. The summed E-state index contributed by atoms with van der Waals surface area (Å²) in [4.78, 5) is 17.3. The first kappa shape index (κ1) is 14.7. The number of aromatic nitrogens is 2. The van der Waals surface area contributed by atoms with Crippen LogP contribution in [0.1, 0.15) is 5.56 Å². The normalized spacial score (nSPS) is 19.7. The molecule has 0 bridgehead atoms. The highest BCUT2D eigenvalue weighted by molar-refractivity contribution is 5.70. The molecule has 6 heteroatoms. The van der Waals surface area contributed by atoms with Crippen molar-refractivity contribution < 1.29 is 14.6 Å². The van der Waals surface area contributed by atoms with E-state index >= 15 is 0 Å². The Morgan fingerprint density at radius 2 is 2.18 bits per heavy atom. The van der Waals surface area contributed by atoms with Crippen LogP contribution in [-0.2, 0) is 16.1 Å². The summed E-state index contributed by atoms with van der Waals surface area (Å²) in [6.07, 6.45) is 5.41. The second-order valence-corrected chi connectivity index (χ2v) is 5.48. The van der Waals surface area contributed by atoms with Crippen LogP contribution in [0.4, 0.5) is 0 Å². The number of carbonyl (C=O) groups is 1. The monoisotopic (exact) mass is 301 g/mol.